The first-order valence-corrected chi connectivity index (χ1v) is 13.6. The van der Waals surface area contributed by atoms with E-state index < -0.39 is 0 Å². The first-order valence-electron chi connectivity index (χ1n) is 13.6. The molecule has 0 aromatic heterocycles. The molecule has 180 valence electrons. The SMILES string of the molecule is CCCCCCCCCOc1ccc(-c2ccc([C@@H]3CC[C@@H](CCCC)CC3=O)cc2)cc1. The van der Waals surface area contributed by atoms with Gasteiger partial charge in [-0.1, -0.05) is 108 Å². The second-order valence-corrected chi connectivity index (χ2v) is 9.92. The molecule has 2 atom stereocenters. The van der Waals surface area contributed by atoms with Crippen LogP contribution in [0.15, 0.2) is 48.5 Å². The Morgan fingerprint density at radius 1 is 0.727 bits per heavy atom. The summed E-state index contributed by atoms with van der Waals surface area (Å²) in [5, 5.41) is 0. The molecule has 0 unspecified atom stereocenters. The summed E-state index contributed by atoms with van der Waals surface area (Å²) in [5.74, 6) is 2.10. The third-order valence-electron chi connectivity index (χ3n) is 7.23. The average Bonchev–Trinajstić information content (AvgIpc) is 2.85. The molecule has 0 bridgehead atoms. The number of hydrogen-bond acceptors (Lipinski definition) is 2. The Morgan fingerprint density at radius 2 is 1.33 bits per heavy atom. The number of hydrogen-bond donors (Lipinski definition) is 0. The molecule has 0 heterocycles. The van der Waals surface area contributed by atoms with Gasteiger partial charge in [0.15, 0.2) is 0 Å². The molecule has 2 heteroatoms. The van der Waals surface area contributed by atoms with Crippen LogP contribution in [-0.4, -0.2) is 12.4 Å². The number of carbonyl (C=O) groups is 1. The smallest absolute Gasteiger partial charge is 0.140 e. The molecule has 1 aliphatic carbocycles. The summed E-state index contributed by atoms with van der Waals surface area (Å²) in [7, 11) is 0. The zero-order chi connectivity index (χ0) is 23.3. The Balaban J connectivity index is 1.44. The number of unbranched alkanes of at least 4 members (excludes halogenated alkanes) is 7. The van der Waals surface area contributed by atoms with Gasteiger partial charge in [0.05, 0.1) is 6.61 Å². The molecule has 1 aliphatic rings. The number of carbonyl (C=O) groups excluding carboxylic acids is 1. The molecule has 1 fully saturated rings. The van der Waals surface area contributed by atoms with Gasteiger partial charge in [0.25, 0.3) is 0 Å². The first-order chi connectivity index (χ1) is 16.2. The van der Waals surface area contributed by atoms with E-state index in [1.54, 1.807) is 0 Å². The average molecular weight is 449 g/mol. The van der Waals surface area contributed by atoms with Gasteiger partial charge in [0.1, 0.15) is 11.5 Å². The zero-order valence-electron chi connectivity index (χ0n) is 21.0. The van der Waals surface area contributed by atoms with Gasteiger partial charge in [0, 0.05) is 12.3 Å². The van der Waals surface area contributed by atoms with Crippen molar-refractivity contribution >= 4 is 5.78 Å². The molecule has 0 saturated heterocycles. The van der Waals surface area contributed by atoms with Crippen molar-refractivity contribution in [2.24, 2.45) is 5.92 Å². The lowest BCUT2D eigenvalue weighted by Gasteiger charge is -2.27. The van der Waals surface area contributed by atoms with Crippen LogP contribution in [0.3, 0.4) is 0 Å². The topological polar surface area (TPSA) is 26.3 Å². The van der Waals surface area contributed by atoms with E-state index in [0.29, 0.717) is 11.7 Å². The minimum Gasteiger partial charge on any atom is -0.494 e. The number of benzene rings is 2. The number of Topliss-reactive ketones (excluding diaryl/α,β-unsaturated/α-hetero) is 1. The van der Waals surface area contributed by atoms with Crippen LogP contribution in [0.25, 0.3) is 11.1 Å². The molecular weight excluding hydrogens is 404 g/mol. The third-order valence-corrected chi connectivity index (χ3v) is 7.23. The van der Waals surface area contributed by atoms with Crippen LogP contribution < -0.4 is 4.74 Å². The van der Waals surface area contributed by atoms with Gasteiger partial charge in [-0.2, -0.15) is 0 Å². The summed E-state index contributed by atoms with van der Waals surface area (Å²) in [6, 6.07) is 17.1. The Labute approximate surface area is 202 Å². The molecule has 2 nitrogen and oxygen atoms in total. The van der Waals surface area contributed by atoms with Crippen LogP contribution >= 0.6 is 0 Å². The molecule has 0 spiro atoms. The minimum atomic E-state index is 0.0966. The molecular formula is C31H44O2. The van der Waals surface area contributed by atoms with E-state index in [2.05, 4.69) is 62.4 Å². The van der Waals surface area contributed by atoms with Crippen LogP contribution in [0.4, 0.5) is 0 Å². The van der Waals surface area contributed by atoms with Crippen LogP contribution in [0.5, 0.6) is 5.75 Å². The highest BCUT2D eigenvalue weighted by Gasteiger charge is 2.29. The Hall–Kier alpha value is -2.09. The Kier molecular flexibility index (Phi) is 11.0. The van der Waals surface area contributed by atoms with Gasteiger partial charge in [-0.05, 0) is 54.0 Å². The molecule has 33 heavy (non-hydrogen) atoms. The van der Waals surface area contributed by atoms with Crippen molar-refractivity contribution in [3.05, 3.63) is 54.1 Å². The van der Waals surface area contributed by atoms with Gasteiger partial charge in [0.2, 0.25) is 0 Å². The van der Waals surface area contributed by atoms with Crippen molar-refractivity contribution in [1.82, 2.24) is 0 Å². The lowest BCUT2D eigenvalue weighted by molar-refractivity contribution is -0.123. The highest BCUT2D eigenvalue weighted by atomic mass is 16.5. The van der Waals surface area contributed by atoms with E-state index >= 15 is 0 Å². The molecule has 1 saturated carbocycles. The van der Waals surface area contributed by atoms with E-state index in [9.17, 15) is 4.79 Å². The van der Waals surface area contributed by atoms with Crippen LogP contribution in [-0.2, 0) is 4.79 Å². The molecule has 2 aromatic rings. The van der Waals surface area contributed by atoms with E-state index in [1.807, 2.05) is 0 Å². The van der Waals surface area contributed by atoms with Crippen LogP contribution in [0.2, 0.25) is 0 Å². The summed E-state index contributed by atoms with van der Waals surface area (Å²) in [5.41, 5.74) is 3.58. The van der Waals surface area contributed by atoms with Crippen molar-refractivity contribution < 1.29 is 9.53 Å². The highest BCUT2D eigenvalue weighted by molar-refractivity contribution is 5.86. The lowest BCUT2D eigenvalue weighted by Crippen LogP contribution is -2.23. The van der Waals surface area contributed by atoms with E-state index in [0.717, 1.165) is 31.6 Å². The fourth-order valence-corrected chi connectivity index (χ4v) is 5.08. The van der Waals surface area contributed by atoms with Crippen LogP contribution in [0.1, 0.15) is 109 Å². The normalized spacial score (nSPS) is 18.4. The maximum atomic E-state index is 12.7. The fourth-order valence-electron chi connectivity index (χ4n) is 5.08. The third kappa shape index (κ3) is 8.32. The minimum absolute atomic E-state index is 0.0966. The summed E-state index contributed by atoms with van der Waals surface area (Å²) in [6.45, 7) is 5.29. The van der Waals surface area contributed by atoms with Gasteiger partial charge in [-0.25, -0.2) is 0 Å². The molecule has 0 aliphatic heterocycles. The van der Waals surface area contributed by atoms with Crippen molar-refractivity contribution in [3.8, 4) is 16.9 Å². The Bertz CT molecular complexity index is 806. The number of ketones is 1. The fraction of sp³-hybridized carbons (Fsp3) is 0.581. The quantitative estimate of drug-likeness (QED) is 0.269. The number of ether oxygens (including phenoxy) is 1. The summed E-state index contributed by atoms with van der Waals surface area (Å²) in [4.78, 5) is 12.7. The Morgan fingerprint density at radius 3 is 1.97 bits per heavy atom. The highest BCUT2D eigenvalue weighted by Crippen LogP contribution is 2.36. The monoisotopic (exact) mass is 448 g/mol. The molecule has 2 aromatic carbocycles. The molecule has 0 amide bonds. The standard InChI is InChI=1S/C31H44O2/c1-3-5-7-8-9-10-11-23-33-29-20-18-27(19-21-29)26-14-16-28(17-15-26)30-22-13-25(12-6-4-2)24-31(30)32/h14-21,25,30H,3-13,22-24H2,1-2H3/t25-,30+/m1/s1. The van der Waals surface area contributed by atoms with Crippen molar-refractivity contribution in [2.75, 3.05) is 6.61 Å². The summed E-state index contributed by atoms with van der Waals surface area (Å²) >= 11 is 0. The van der Waals surface area contributed by atoms with Crippen molar-refractivity contribution in [1.29, 1.82) is 0 Å². The van der Waals surface area contributed by atoms with Gasteiger partial charge < -0.3 is 4.74 Å². The molecule has 3 rings (SSSR count). The maximum Gasteiger partial charge on any atom is 0.140 e. The number of rotatable bonds is 14. The predicted octanol–water partition coefficient (Wildman–Crippen LogP) is 9.13. The second-order valence-electron chi connectivity index (χ2n) is 9.92. The van der Waals surface area contributed by atoms with E-state index in [4.69, 9.17) is 4.74 Å². The van der Waals surface area contributed by atoms with Gasteiger partial charge >= 0.3 is 0 Å². The predicted molar refractivity (Wildman–Crippen MR) is 140 cm³/mol. The molecule has 0 N–H and O–H groups in total. The second kappa shape index (κ2) is 14.2. The van der Waals surface area contributed by atoms with Gasteiger partial charge in [-0.15, -0.1) is 0 Å². The molecule has 0 radical (unpaired) electrons. The maximum absolute atomic E-state index is 12.7. The summed E-state index contributed by atoms with van der Waals surface area (Å²) < 4.78 is 5.93. The van der Waals surface area contributed by atoms with Crippen molar-refractivity contribution in [2.45, 2.75) is 103 Å². The van der Waals surface area contributed by atoms with E-state index in [-0.39, 0.29) is 5.92 Å². The first kappa shape index (κ1) is 25.5. The lowest BCUT2D eigenvalue weighted by atomic mass is 9.76. The van der Waals surface area contributed by atoms with E-state index in [1.165, 1.54) is 80.9 Å². The zero-order valence-corrected chi connectivity index (χ0v) is 21.0. The summed E-state index contributed by atoms with van der Waals surface area (Å²) in [6.07, 6.45) is 15.8. The van der Waals surface area contributed by atoms with Crippen molar-refractivity contribution in [3.63, 3.8) is 0 Å². The van der Waals surface area contributed by atoms with Crippen LogP contribution in [0, 0.1) is 5.92 Å². The largest absolute Gasteiger partial charge is 0.494 e. The van der Waals surface area contributed by atoms with Gasteiger partial charge in [-0.3, -0.25) is 4.79 Å².